The smallest absolute Gasteiger partial charge is 0.273 e. The van der Waals surface area contributed by atoms with Crippen LogP contribution in [0.15, 0.2) is 47.8 Å². The summed E-state index contributed by atoms with van der Waals surface area (Å²) in [5.41, 5.74) is 0.979. The van der Waals surface area contributed by atoms with Gasteiger partial charge in [-0.2, -0.15) is 5.10 Å². The van der Waals surface area contributed by atoms with Gasteiger partial charge in [-0.1, -0.05) is 48.7 Å². The third-order valence-corrected chi connectivity index (χ3v) is 7.80. The largest absolute Gasteiger partial charge is 0.351 e. The third-order valence-electron chi connectivity index (χ3n) is 6.54. The molecular weight excluding hydrogens is 444 g/mol. The summed E-state index contributed by atoms with van der Waals surface area (Å²) in [5.74, 6) is -0.348. The van der Waals surface area contributed by atoms with Crippen molar-refractivity contribution in [3.8, 4) is 10.6 Å². The molecule has 2 aliphatic rings. The van der Waals surface area contributed by atoms with E-state index < -0.39 is 5.54 Å². The van der Waals surface area contributed by atoms with Gasteiger partial charge < -0.3 is 10.2 Å². The van der Waals surface area contributed by atoms with E-state index in [9.17, 15) is 9.59 Å². The number of nitrogens with zero attached hydrogens (tertiary/aromatic N) is 3. The molecule has 0 bridgehead atoms. The summed E-state index contributed by atoms with van der Waals surface area (Å²) in [7, 11) is 0. The first-order chi connectivity index (χ1) is 15.5. The molecule has 32 heavy (non-hydrogen) atoms. The minimum Gasteiger partial charge on any atom is -0.351 e. The molecule has 6 nitrogen and oxygen atoms in total. The van der Waals surface area contributed by atoms with E-state index in [2.05, 4.69) is 10.4 Å². The van der Waals surface area contributed by atoms with Crippen molar-refractivity contribution in [2.45, 2.75) is 57.3 Å². The van der Waals surface area contributed by atoms with Gasteiger partial charge in [-0.25, -0.2) is 0 Å². The molecule has 1 aliphatic carbocycles. The molecule has 3 aromatic rings. The van der Waals surface area contributed by atoms with Crippen LogP contribution >= 0.6 is 22.9 Å². The second kappa shape index (κ2) is 8.37. The zero-order chi connectivity index (χ0) is 22.3. The van der Waals surface area contributed by atoms with Gasteiger partial charge in [0.05, 0.1) is 11.4 Å². The van der Waals surface area contributed by atoms with Gasteiger partial charge >= 0.3 is 0 Å². The Kier molecular flexibility index (Phi) is 5.55. The molecule has 0 unspecified atom stereocenters. The number of benzene rings is 1. The molecule has 2 aromatic heterocycles. The van der Waals surface area contributed by atoms with Crippen LogP contribution in [0.1, 0.15) is 48.7 Å². The molecule has 1 aliphatic heterocycles. The summed E-state index contributed by atoms with van der Waals surface area (Å²) in [6.45, 7) is 2.39. The van der Waals surface area contributed by atoms with Crippen LogP contribution in [0.4, 0.5) is 0 Å². The van der Waals surface area contributed by atoms with E-state index in [0.29, 0.717) is 17.3 Å². The summed E-state index contributed by atoms with van der Waals surface area (Å²) in [4.78, 5) is 29.9. The molecule has 166 valence electrons. The lowest BCUT2D eigenvalue weighted by atomic mass is 9.93. The predicted molar refractivity (Wildman–Crippen MR) is 126 cm³/mol. The van der Waals surface area contributed by atoms with E-state index in [1.54, 1.807) is 27.0 Å². The summed E-state index contributed by atoms with van der Waals surface area (Å²) in [5, 5.41) is 10.5. The van der Waals surface area contributed by atoms with Crippen LogP contribution in [0.3, 0.4) is 0 Å². The quantitative estimate of drug-likeness (QED) is 0.588. The van der Waals surface area contributed by atoms with E-state index in [1.807, 2.05) is 48.7 Å². The normalized spacial score (nSPS) is 21.1. The average Bonchev–Trinajstić information content (AvgIpc) is 3.53. The Morgan fingerprint density at radius 1 is 1.25 bits per heavy atom. The fourth-order valence-electron chi connectivity index (χ4n) is 4.64. The summed E-state index contributed by atoms with van der Waals surface area (Å²) in [6, 6.07) is 13.4. The molecule has 0 radical (unpaired) electrons. The molecule has 5 rings (SSSR count). The van der Waals surface area contributed by atoms with Gasteiger partial charge in [-0.05, 0) is 48.9 Å². The Balaban J connectivity index is 1.53. The third kappa shape index (κ3) is 3.73. The van der Waals surface area contributed by atoms with Crippen LogP contribution in [0.5, 0.6) is 0 Å². The maximum Gasteiger partial charge on any atom is 0.273 e. The van der Waals surface area contributed by atoms with Gasteiger partial charge in [0.15, 0.2) is 0 Å². The second-order valence-corrected chi connectivity index (χ2v) is 10.1. The average molecular weight is 469 g/mol. The van der Waals surface area contributed by atoms with Gasteiger partial charge in [0, 0.05) is 17.6 Å². The van der Waals surface area contributed by atoms with Crippen molar-refractivity contribution in [3.63, 3.8) is 0 Å². The number of rotatable bonds is 5. The first-order valence-corrected chi connectivity index (χ1v) is 12.2. The van der Waals surface area contributed by atoms with Crippen molar-refractivity contribution in [2.75, 3.05) is 0 Å². The Morgan fingerprint density at radius 2 is 2.03 bits per heavy atom. The molecule has 1 fully saturated rings. The van der Waals surface area contributed by atoms with Crippen molar-refractivity contribution in [1.29, 1.82) is 0 Å². The van der Waals surface area contributed by atoms with Gasteiger partial charge in [0.1, 0.15) is 16.9 Å². The predicted octanol–water partition coefficient (Wildman–Crippen LogP) is 4.74. The van der Waals surface area contributed by atoms with Gasteiger partial charge in [-0.3, -0.25) is 14.3 Å². The lowest BCUT2D eigenvalue weighted by Gasteiger charge is -2.43. The number of nitrogens with one attached hydrogen (secondary N) is 1. The van der Waals surface area contributed by atoms with Crippen LogP contribution in [-0.2, 0) is 17.9 Å². The summed E-state index contributed by atoms with van der Waals surface area (Å²) in [6.07, 6.45) is 4.21. The topological polar surface area (TPSA) is 67.2 Å². The number of hydrogen-bond donors (Lipinski definition) is 1. The van der Waals surface area contributed by atoms with E-state index in [1.165, 1.54) is 0 Å². The molecule has 1 atom stereocenters. The van der Waals surface area contributed by atoms with Crippen LogP contribution in [0.25, 0.3) is 10.6 Å². The summed E-state index contributed by atoms with van der Waals surface area (Å²) >= 11 is 7.99. The molecule has 0 spiro atoms. The van der Waals surface area contributed by atoms with Crippen molar-refractivity contribution in [3.05, 3.63) is 64.1 Å². The first-order valence-electron chi connectivity index (χ1n) is 10.9. The minimum atomic E-state index is -1.08. The van der Waals surface area contributed by atoms with Crippen molar-refractivity contribution >= 4 is 34.8 Å². The number of amides is 2. The minimum absolute atomic E-state index is 0.136. The van der Waals surface area contributed by atoms with Gasteiger partial charge in [0.25, 0.3) is 5.91 Å². The van der Waals surface area contributed by atoms with E-state index in [0.717, 1.165) is 41.8 Å². The van der Waals surface area contributed by atoms with E-state index in [4.69, 9.17) is 11.6 Å². The highest BCUT2D eigenvalue weighted by molar-refractivity contribution is 7.13. The van der Waals surface area contributed by atoms with Crippen LogP contribution in [-0.4, -0.2) is 38.1 Å². The van der Waals surface area contributed by atoms with Gasteiger partial charge in [-0.15, -0.1) is 11.3 Å². The van der Waals surface area contributed by atoms with Crippen molar-refractivity contribution < 1.29 is 9.59 Å². The molecule has 3 heterocycles. The van der Waals surface area contributed by atoms with Crippen molar-refractivity contribution in [2.24, 2.45) is 0 Å². The number of halogens is 1. The Labute approximate surface area is 196 Å². The Bertz CT molecular complexity index is 1150. The number of carbonyl (C=O) groups excluding carboxylic acids is 2. The maximum atomic E-state index is 13.7. The highest BCUT2D eigenvalue weighted by Crippen LogP contribution is 2.34. The first kappa shape index (κ1) is 21.2. The number of carbonyl (C=O) groups is 2. The Hall–Kier alpha value is -2.64. The monoisotopic (exact) mass is 468 g/mol. The van der Waals surface area contributed by atoms with Crippen molar-refractivity contribution in [1.82, 2.24) is 20.0 Å². The lowest BCUT2D eigenvalue weighted by Crippen LogP contribution is -2.64. The zero-order valence-corrected chi connectivity index (χ0v) is 19.5. The maximum absolute atomic E-state index is 13.7. The lowest BCUT2D eigenvalue weighted by molar-refractivity contribution is -0.134. The van der Waals surface area contributed by atoms with E-state index in [-0.39, 0.29) is 24.4 Å². The molecule has 1 N–H and O–H groups in total. The fraction of sp³-hybridized carbons (Fsp3) is 0.375. The van der Waals surface area contributed by atoms with Gasteiger partial charge in [0.2, 0.25) is 5.91 Å². The second-order valence-electron chi connectivity index (χ2n) is 8.76. The molecule has 1 aromatic carbocycles. The van der Waals surface area contributed by atoms with E-state index >= 15 is 0 Å². The number of aromatic nitrogens is 2. The molecular formula is C24H25ClN4O2S. The summed E-state index contributed by atoms with van der Waals surface area (Å²) < 4.78 is 1.69. The SMILES string of the molecule is C[C@@]1(C(=O)NC2CCCC2)Cn2nc(-c3cccs3)cc2C(=O)N1Cc1ccccc1Cl. The number of hydrogen-bond acceptors (Lipinski definition) is 4. The van der Waals surface area contributed by atoms with Crippen LogP contribution < -0.4 is 5.32 Å². The highest BCUT2D eigenvalue weighted by Gasteiger charge is 2.48. The molecule has 1 saturated carbocycles. The molecule has 8 heteroatoms. The Morgan fingerprint density at radius 3 is 2.75 bits per heavy atom. The zero-order valence-electron chi connectivity index (χ0n) is 17.9. The number of thiophene rings is 1. The van der Waals surface area contributed by atoms with Crippen LogP contribution in [0, 0.1) is 0 Å². The molecule has 0 saturated heterocycles. The fourth-order valence-corrected chi connectivity index (χ4v) is 5.52. The van der Waals surface area contributed by atoms with Crippen LogP contribution in [0.2, 0.25) is 5.02 Å². The highest BCUT2D eigenvalue weighted by atomic mass is 35.5. The molecule has 2 amide bonds. The standard InChI is InChI=1S/C24H25ClN4O2S/c1-24(23(31)26-17-8-3-4-9-17)15-29-20(13-19(27-29)21-11-6-12-32-21)22(30)28(24)14-16-7-2-5-10-18(16)25/h2,5-7,10-13,17H,3-4,8-9,14-15H2,1H3,(H,26,31)/t24-/m0/s1. The number of fused-ring (bicyclic) bond motifs is 1.